The lowest BCUT2D eigenvalue weighted by Crippen LogP contribution is -3.12. The standard InChI is InChI=1S/C24H30N2O4/c1-2-3-4-19-7-11-22(12-8-19)25-23(27)18-30-24(28)21-9-5-20(6-10-21)17-26-13-15-29-16-14-26/h5-12H,2-4,13-18H2,1H3,(H,25,27)/p+1. The van der Waals surface area contributed by atoms with Gasteiger partial charge in [-0.1, -0.05) is 37.6 Å². The van der Waals surface area contributed by atoms with Gasteiger partial charge in [0, 0.05) is 11.3 Å². The van der Waals surface area contributed by atoms with E-state index in [4.69, 9.17) is 9.47 Å². The summed E-state index contributed by atoms with van der Waals surface area (Å²) in [6.07, 6.45) is 3.34. The highest BCUT2D eigenvalue weighted by molar-refractivity contribution is 5.95. The van der Waals surface area contributed by atoms with Crippen molar-refractivity contribution in [2.75, 3.05) is 38.2 Å². The summed E-state index contributed by atoms with van der Waals surface area (Å²) in [5, 5.41) is 2.76. The Morgan fingerprint density at radius 3 is 2.33 bits per heavy atom. The number of hydrogen-bond acceptors (Lipinski definition) is 4. The second-order valence-electron chi connectivity index (χ2n) is 7.66. The number of hydrogen-bond donors (Lipinski definition) is 2. The molecule has 2 aromatic rings. The van der Waals surface area contributed by atoms with Gasteiger partial charge in [-0.05, 0) is 42.7 Å². The number of anilines is 1. The van der Waals surface area contributed by atoms with E-state index in [1.165, 1.54) is 16.0 Å². The van der Waals surface area contributed by atoms with E-state index in [1.807, 2.05) is 36.4 Å². The van der Waals surface area contributed by atoms with E-state index in [1.54, 1.807) is 12.1 Å². The van der Waals surface area contributed by atoms with Gasteiger partial charge in [0.05, 0.1) is 18.8 Å². The highest BCUT2D eigenvalue weighted by Crippen LogP contribution is 2.12. The summed E-state index contributed by atoms with van der Waals surface area (Å²) in [6, 6.07) is 15.2. The minimum Gasteiger partial charge on any atom is -0.452 e. The lowest BCUT2D eigenvalue weighted by molar-refractivity contribution is -0.921. The van der Waals surface area contributed by atoms with Gasteiger partial charge in [-0.15, -0.1) is 0 Å². The van der Waals surface area contributed by atoms with Crippen LogP contribution in [0.3, 0.4) is 0 Å². The van der Waals surface area contributed by atoms with Gasteiger partial charge in [0.2, 0.25) is 0 Å². The average Bonchev–Trinajstić information content (AvgIpc) is 2.78. The van der Waals surface area contributed by atoms with Crippen molar-refractivity contribution in [3.05, 3.63) is 65.2 Å². The third-order valence-corrected chi connectivity index (χ3v) is 5.23. The third-order valence-electron chi connectivity index (χ3n) is 5.23. The number of amides is 1. The van der Waals surface area contributed by atoms with E-state index in [9.17, 15) is 9.59 Å². The zero-order chi connectivity index (χ0) is 21.2. The van der Waals surface area contributed by atoms with Crippen LogP contribution < -0.4 is 10.2 Å². The van der Waals surface area contributed by atoms with Crippen LogP contribution in [-0.4, -0.2) is 44.8 Å². The van der Waals surface area contributed by atoms with E-state index in [2.05, 4.69) is 12.2 Å². The maximum Gasteiger partial charge on any atom is 0.338 e. The van der Waals surface area contributed by atoms with Crippen molar-refractivity contribution in [2.24, 2.45) is 0 Å². The summed E-state index contributed by atoms with van der Waals surface area (Å²) in [6.45, 7) is 6.36. The summed E-state index contributed by atoms with van der Waals surface area (Å²) in [5.41, 5.74) is 3.57. The molecule has 1 aliphatic heterocycles. The number of aryl methyl sites for hydroxylation is 1. The summed E-state index contributed by atoms with van der Waals surface area (Å²) in [7, 11) is 0. The van der Waals surface area contributed by atoms with Gasteiger partial charge in [-0.3, -0.25) is 4.79 Å². The van der Waals surface area contributed by atoms with Crippen LogP contribution in [0.5, 0.6) is 0 Å². The van der Waals surface area contributed by atoms with Crippen LogP contribution in [0.1, 0.15) is 41.3 Å². The molecule has 2 aromatic carbocycles. The number of benzene rings is 2. The van der Waals surface area contributed by atoms with Crippen LogP contribution >= 0.6 is 0 Å². The molecule has 6 heteroatoms. The van der Waals surface area contributed by atoms with E-state index in [0.717, 1.165) is 52.1 Å². The number of esters is 1. The summed E-state index contributed by atoms with van der Waals surface area (Å²) in [5.74, 6) is -0.845. The molecule has 0 saturated carbocycles. The first-order valence-electron chi connectivity index (χ1n) is 10.7. The molecule has 1 aliphatic rings. The molecule has 0 radical (unpaired) electrons. The molecule has 2 N–H and O–H groups in total. The molecule has 1 fully saturated rings. The molecule has 1 saturated heterocycles. The average molecular weight is 412 g/mol. The quantitative estimate of drug-likeness (QED) is 0.621. The van der Waals surface area contributed by atoms with Gasteiger partial charge in [0.25, 0.3) is 5.91 Å². The number of nitrogens with one attached hydrogen (secondary N) is 2. The number of quaternary nitrogens is 1. The maximum absolute atomic E-state index is 12.2. The van der Waals surface area contributed by atoms with E-state index < -0.39 is 5.97 Å². The lowest BCUT2D eigenvalue weighted by Gasteiger charge is -2.23. The molecular weight excluding hydrogens is 380 g/mol. The van der Waals surface area contributed by atoms with Gasteiger partial charge in [0.1, 0.15) is 19.6 Å². The van der Waals surface area contributed by atoms with Crippen LogP contribution in [0, 0.1) is 0 Å². The fourth-order valence-corrected chi connectivity index (χ4v) is 3.43. The topological polar surface area (TPSA) is 69.1 Å². The summed E-state index contributed by atoms with van der Waals surface area (Å²) >= 11 is 0. The largest absolute Gasteiger partial charge is 0.452 e. The molecule has 0 unspecified atom stereocenters. The second-order valence-corrected chi connectivity index (χ2v) is 7.66. The number of morpholine rings is 1. The Hall–Kier alpha value is -2.70. The van der Waals surface area contributed by atoms with E-state index in [0.29, 0.717) is 11.3 Å². The van der Waals surface area contributed by atoms with Crippen molar-refractivity contribution in [2.45, 2.75) is 32.7 Å². The molecule has 0 bridgehead atoms. The number of carbonyl (C=O) groups excluding carboxylic acids is 2. The molecule has 3 rings (SSSR count). The number of carbonyl (C=O) groups is 2. The zero-order valence-corrected chi connectivity index (χ0v) is 17.6. The highest BCUT2D eigenvalue weighted by Gasteiger charge is 2.15. The molecule has 6 nitrogen and oxygen atoms in total. The zero-order valence-electron chi connectivity index (χ0n) is 17.6. The molecule has 30 heavy (non-hydrogen) atoms. The van der Waals surface area contributed by atoms with Crippen LogP contribution in [0.2, 0.25) is 0 Å². The van der Waals surface area contributed by atoms with Crippen molar-refractivity contribution < 1.29 is 24.0 Å². The first-order chi connectivity index (χ1) is 14.6. The molecule has 1 heterocycles. The predicted molar refractivity (Wildman–Crippen MR) is 116 cm³/mol. The van der Waals surface area contributed by atoms with Gasteiger partial charge >= 0.3 is 5.97 Å². The first kappa shape index (κ1) is 22.0. The monoisotopic (exact) mass is 411 g/mol. The van der Waals surface area contributed by atoms with Crippen LogP contribution in [0.4, 0.5) is 5.69 Å². The van der Waals surface area contributed by atoms with Crippen LogP contribution in [0.25, 0.3) is 0 Å². The molecular formula is C24H31N2O4+. The Kier molecular flexibility index (Phi) is 8.41. The van der Waals surface area contributed by atoms with E-state index in [-0.39, 0.29) is 12.5 Å². The molecule has 0 aromatic heterocycles. The molecule has 0 atom stereocenters. The Bertz CT molecular complexity index is 812. The van der Waals surface area contributed by atoms with Crippen LogP contribution in [-0.2, 0) is 27.2 Å². The summed E-state index contributed by atoms with van der Waals surface area (Å²) in [4.78, 5) is 25.8. The molecule has 0 spiro atoms. The Labute approximate surface area is 178 Å². The second kappa shape index (κ2) is 11.5. The van der Waals surface area contributed by atoms with Gasteiger partial charge < -0.3 is 19.7 Å². The van der Waals surface area contributed by atoms with E-state index >= 15 is 0 Å². The van der Waals surface area contributed by atoms with Gasteiger partial charge in [0.15, 0.2) is 6.61 Å². The minimum atomic E-state index is -0.495. The fourth-order valence-electron chi connectivity index (χ4n) is 3.43. The lowest BCUT2D eigenvalue weighted by atomic mass is 10.1. The Morgan fingerprint density at radius 2 is 1.67 bits per heavy atom. The molecule has 160 valence electrons. The summed E-state index contributed by atoms with van der Waals surface area (Å²) < 4.78 is 10.5. The van der Waals surface area contributed by atoms with Gasteiger partial charge in [-0.25, -0.2) is 4.79 Å². The molecule has 0 aliphatic carbocycles. The third kappa shape index (κ3) is 6.97. The number of unbranched alkanes of at least 4 members (excludes halogenated alkanes) is 1. The van der Waals surface area contributed by atoms with Crippen molar-refractivity contribution >= 4 is 17.6 Å². The van der Waals surface area contributed by atoms with Crippen molar-refractivity contribution in [1.82, 2.24) is 0 Å². The first-order valence-corrected chi connectivity index (χ1v) is 10.7. The maximum atomic E-state index is 12.2. The van der Waals surface area contributed by atoms with Crippen molar-refractivity contribution in [3.63, 3.8) is 0 Å². The minimum absolute atomic E-state index is 0.309. The number of ether oxygens (including phenoxy) is 2. The normalized spacial score (nSPS) is 14.3. The van der Waals surface area contributed by atoms with Gasteiger partial charge in [-0.2, -0.15) is 0 Å². The Morgan fingerprint density at radius 1 is 1.00 bits per heavy atom. The Balaban J connectivity index is 1.42. The predicted octanol–water partition coefficient (Wildman–Crippen LogP) is 2.24. The van der Waals surface area contributed by atoms with Crippen LogP contribution in [0.15, 0.2) is 48.5 Å². The highest BCUT2D eigenvalue weighted by atomic mass is 16.5. The van der Waals surface area contributed by atoms with Crippen molar-refractivity contribution in [1.29, 1.82) is 0 Å². The smallest absolute Gasteiger partial charge is 0.338 e. The SMILES string of the molecule is CCCCc1ccc(NC(=O)COC(=O)c2ccc(C[NH+]3CCOCC3)cc2)cc1. The number of rotatable bonds is 9. The molecule has 1 amide bonds. The fraction of sp³-hybridized carbons (Fsp3) is 0.417. The van der Waals surface area contributed by atoms with Crippen molar-refractivity contribution in [3.8, 4) is 0 Å².